The van der Waals surface area contributed by atoms with Gasteiger partial charge in [-0.05, 0) is 24.1 Å². The third kappa shape index (κ3) is 2.74. The van der Waals surface area contributed by atoms with Gasteiger partial charge in [0.05, 0.1) is 0 Å². The molecule has 72 valence electrons. The third-order valence-electron chi connectivity index (χ3n) is 2.23. The van der Waals surface area contributed by atoms with Crippen molar-refractivity contribution in [2.75, 3.05) is 12.4 Å². The molecule has 1 aromatic carbocycles. The molecule has 1 atom stereocenters. The van der Waals surface area contributed by atoms with Crippen LogP contribution < -0.4 is 11.1 Å². The van der Waals surface area contributed by atoms with Crippen molar-refractivity contribution in [2.45, 2.75) is 25.8 Å². The highest BCUT2D eigenvalue weighted by atomic mass is 14.8. The van der Waals surface area contributed by atoms with Gasteiger partial charge in [-0.25, -0.2) is 0 Å². The summed E-state index contributed by atoms with van der Waals surface area (Å²) in [4.78, 5) is 0. The molecule has 3 N–H and O–H groups in total. The van der Waals surface area contributed by atoms with Crippen molar-refractivity contribution in [2.24, 2.45) is 5.73 Å². The van der Waals surface area contributed by atoms with Gasteiger partial charge in [0.1, 0.15) is 0 Å². The zero-order chi connectivity index (χ0) is 9.68. The molecule has 0 heterocycles. The standard InChI is InChI=1S/C11H18N2/c1-3-4-11(12)9-5-7-10(13-2)8-6-9/h5-8,11,13H,3-4,12H2,1-2H3/t11-/m1/s1. The summed E-state index contributed by atoms with van der Waals surface area (Å²) in [6, 6.07) is 8.49. The molecule has 1 rings (SSSR count). The Labute approximate surface area is 80.1 Å². The summed E-state index contributed by atoms with van der Waals surface area (Å²) >= 11 is 0. The van der Waals surface area contributed by atoms with Gasteiger partial charge in [-0.2, -0.15) is 0 Å². The maximum Gasteiger partial charge on any atom is 0.0337 e. The molecule has 0 radical (unpaired) electrons. The minimum absolute atomic E-state index is 0.191. The SMILES string of the molecule is CCC[C@@H](N)c1ccc(NC)cc1. The Bertz CT molecular complexity index is 241. The van der Waals surface area contributed by atoms with E-state index in [1.54, 1.807) is 0 Å². The molecule has 0 fully saturated rings. The molecule has 0 amide bonds. The molecule has 0 aliphatic heterocycles. The molecule has 0 spiro atoms. The summed E-state index contributed by atoms with van der Waals surface area (Å²) in [5, 5.41) is 3.08. The molecular formula is C11H18N2. The van der Waals surface area contributed by atoms with E-state index in [9.17, 15) is 0 Å². The van der Waals surface area contributed by atoms with E-state index in [0.29, 0.717) is 0 Å². The lowest BCUT2D eigenvalue weighted by Crippen LogP contribution is -2.09. The van der Waals surface area contributed by atoms with Crippen LogP contribution in [0.1, 0.15) is 31.4 Å². The molecule has 2 nitrogen and oxygen atoms in total. The van der Waals surface area contributed by atoms with E-state index in [2.05, 4.69) is 36.5 Å². The van der Waals surface area contributed by atoms with Gasteiger partial charge in [0.15, 0.2) is 0 Å². The summed E-state index contributed by atoms with van der Waals surface area (Å²) < 4.78 is 0. The Kier molecular flexibility index (Phi) is 3.77. The zero-order valence-corrected chi connectivity index (χ0v) is 8.38. The fraction of sp³-hybridized carbons (Fsp3) is 0.455. The van der Waals surface area contributed by atoms with Gasteiger partial charge in [0.25, 0.3) is 0 Å². The van der Waals surface area contributed by atoms with Gasteiger partial charge in [0, 0.05) is 18.8 Å². The summed E-state index contributed by atoms with van der Waals surface area (Å²) in [5.74, 6) is 0. The van der Waals surface area contributed by atoms with Crippen LogP contribution >= 0.6 is 0 Å². The van der Waals surface area contributed by atoms with Crippen LogP contribution in [0.4, 0.5) is 5.69 Å². The van der Waals surface area contributed by atoms with Gasteiger partial charge in [-0.1, -0.05) is 25.5 Å². The topological polar surface area (TPSA) is 38.0 Å². The highest BCUT2D eigenvalue weighted by molar-refractivity contribution is 5.44. The highest BCUT2D eigenvalue weighted by Gasteiger charge is 2.03. The van der Waals surface area contributed by atoms with Crippen LogP contribution in [-0.2, 0) is 0 Å². The molecule has 0 bridgehead atoms. The number of rotatable bonds is 4. The second kappa shape index (κ2) is 4.87. The lowest BCUT2D eigenvalue weighted by molar-refractivity contribution is 0.638. The monoisotopic (exact) mass is 178 g/mol. The first-order chi connectivity index (χ1) is 6.27. The molecular weight excluding hydrogens is 160 g/mol. The molecule has 0 saturated carbocycles. The maximum atomic E-state index is 5.98. The lowest BCUT2D eigenvalue weighted by atomic mass is 10.0. The van der Waals surface area contributed by atoms with Crippen molar-refractivity contribution < 1.29 is 0 Å². The summed E-state index contributed by atoms with van der Waals surface area (Å²) in [6.45, 7) is 2.15. The van der Waals surface area contributed by atoms with Gasteiger partial charge in [0.2, 0.25) is 0 Å². The van der Waals surface area contributed by atoms with Crippen molar-refractivity contribution in [1.29, 1.82) is 0 Å². The van der Waals surface area contributed by atoms with E-state index in [-0.39, 0.29) is 6.04 Å². The highest BCUT2D eigenvalue weighted by Crippen LogP contribution is 2.17. The summed E-state index contributed by atoms with van der Waals surface area (Å²) in [7, 11) is 1.92. The minimum Gasteiger partial charge on any atom is -0.388 e. The third-order valence-corrected chi connectivity index (χ3v) is 2.23. The van der Waals surface area contributed by atoms with Gasteiger partial charge in [-0.15, -0.1) is 0 Å². The van der Waals surface area contributed by atoms with Crippen LogP contribution in [-0.4, -0.2) is 7.05 Å². The van der Waals surface area contributed by atoms with E-state index in [4.69, 9.17) is 5.73 Å². The molecule has 13 heavy (non-hydrogen) atoms. The Morgan fingerprint density at radius 3 is 2.38 bits per heavy atom. The maximum absolute atomic E-state index is 5.98. The van der Waals surface area contributed by atoms with E-state index < -0.39 is 0 Å². The first-order valence-corrected chi connectivity index (χ1v) is 4.81. The van der Waals surface area contributed by atoms with E-state index in [1.807, 2.05) is 7.05 Å². The smallest absolute Gasteiger partial charge is 0.0337 e. The first kappa shape index (κ1) is 10.1. The van der Waals surface area contributed by atoms with Gasteiger partial charge >= 0.3 is 0 Å². The van der Waals surface area contributed by atoms with Crippen LogP contribution in [0.2, 0.25) is 0 Å². The lowest BCUT2D eigenvalue weighted by Gasteiger charge is -2.11. The number of anilines is 1. The molecule has 0 aromatic heterocycles. The normalized spacial score (nSPS) is 12.5. The Hall–Kier alpha value is -1.02. The summed E-state index contributed by atoms with van der Waals surface area (Å²) in [6.07, 6.45) is 2.19. The average Bonchev–Trinajstić information content (AvgIpc) is 2.18. The Morgan fingerprint density at radius 1 is 1.31 bits per heavy atom. The van der Waals surface area contributed by atoms with Crippen molar-refractivity contribution in [3.05, 3.63) is 29.8 Å². The molecule has 0 unspecified atom stereocenters. The van der Waals surface area contributed by atoms with Crippen LogP contribution in [0, 0.1) is 0 Å². The van der Waals surface area contributed by atoms with Crippen LogP contribution in [0.3, 0.4) is 0 Å². The van der Waals surface area contributed by atoms with Crippen LogP contribution in [0.5, 0.6) is 0 Å². The second-order valence-electron chi connectivity index (χ2n) is 3.27. The molecule has 2 heteroatoms. The number of nitrogens with one attached hydrogen (secondary N) is 1. The van der Waals surface area contributed by atoms with Crippen LogP contribution in [0.25, 0.3) is 0 Å². The van der Waals surface area contributed by atoms with Gasteiger partial charge in [-0.3, -0.25) is 0 Å². The number of nitrogens with two attached hydrogens (primary N) is 1. The first-order valence-electron chi connectivity index (χ1n) is 4.81. The van der Waals surface area contributed by atoms with E-state index in [0.717, 1.165) is 18.5 Å². The summed E-state index contributed by atoms with van der Waals surface area (Å²) in [5.41, 5.74) is 8.33. The Morgan fingerprint density at radius 2 is 1.92 bits per heavy atom. The number of benzene rings is 1. The van der Waals surface area contributed by atoms with Crippen molar-refractivity contribution in [3.8, 4) is 0 Å². The molecule has 1 aromatic rings. The fourth-order valence-electron chi connectivity index (χ4n) is 1.37. The molecule has 0 aliphatic rings. The van der Waals surface area contributed by atoms with Gasteiger partial charge < -0.3 is 11.1 Å². The van der Waals surface area contributed by atoms with Crippen LogP contribution in [0.15, 0.2) is 24.3 Å². The predicted octanol–water partition coefficient (Wildman–Crippen LogP) is 2.53. The van der Waals surface area contributed by atoms with Crippen molar-refractivity contribution in [1.82, 2.24) is 0 Å². The van der Waals surface area contributed by atoms with Crippen molar-refractivity contribution in [3.63, 3.8) is 0 Å². The van der Waals surface area contributed by atoms with Crippen molar-refractivity contribution >= 4 is 5.69 Å². The predicted molar refractivity (Wildman–Crippen MR) is 57.8 cm³/mol. The molecule has 0 aliphatic carbocycles. The van der Waals surface area contributed by atoms with E-state index >= 15 is 0 Å². The average molecular weight is 178 g/mol. The second-order valence-corrected chi connectivity index (χ2v) is 3.27. The number of hydrogen-bond acceptors (Lipinski definition) is 2. The zero-order valence-electron chi connectivity index (χ0n) is 8.38. The molecule has 0 saturated heterocycles. The number of hydrogen-bond donors (Lipinski definition) is 2. The van der Waals surface area contributed by atoms with E-state index in [1.165, 1.54) is 5.56 Å². The quantitative estimate of drug-likeness (QED) is 0.743. The Balaban J connectivity index is 2.67. The minimum atomic E-state index is 0.191. The largest absolute Gasteiger partial charge is 0.388 e. The fourth-order valence-corrected chi connectivity index (χ4v) is 1.37.